The van der Waals surface area contributed by atoms with Gasteiger partial charge in [0.15, 0.2) is 0 Å². The summed E-state index contributed by atoms with van der Waals surface area (Å²) in [6, 6.07) is 1.83. The van der Waals surface area contributed by atoms with Crippen LogP contribution in [0, 0.1) is 0 Å². The molecule has 2 N–H and O–H groups in total. The van der Waals surface area contributed by atoms with Crippen LogP contribution in [0.15, 0.2) is 11.4 Å². The van der Waals surface area contributed by atoms with Gasteiger partial charge in [0.2, 0.25) is 5.91 Å². The van der Waals surface area contributed by atoms with Gasteiger partial charge in [-0.15, -0.1) is 11.3 Å². The van der Waals surface area contributed by atoms with E-state index >= 15 is 0 Å². The molecule has 0 saturated carbocycles. The lowest BCUT2D eigenvalue weighted by molar-refractivity contribution is -0.136. The van der Waals surface area contributed by atoms with Gasteiger partial charge in [0, 0.05) is 23.2 Å². The number of carboxylic acids is 1. The zero-order valence-corrected chi connectivity index (χ0v) is 10.1. The molecule has 0 radical (unpaired) electrons. The maximum atomic E-state index is 11.3. The van der Waals surface area contributed by atoms with Gasteiger partial charge in [0.05, 0.1) is 11.4 Å². The van der Waals surface area contributed by atoms with Crippen molar-refractivity contribution in [1.29, 1.82) is 0 Å². The van der Waals surface area contributed by atoms with Crippen LogP contribution in [0.25, 0.3) is 0 Å². The molecule has 0 atom stereocenters. The fourth-order valence-corrected chi connectivity index (χ4v) is 2.20. The second kappa shape index (κ2) is 6.50. The van der Waals surface area contributed by atoms with Crippen LogP contribution < -0.4 is 5.32 Å². The molecule has 0 aliphatic carbocycles. The summed E-state index contributed by atoms with van der Waals surface area (Å²) in [5.74, 6) is -1.05. The Bertz CT molecular complexity index is 378. The number of carbonyl (C=O) groups is 2. The molecule has 1 aromatic heterocycles. The van der Waals surface area contributed by atoms with Crippen molar-refractivity contribution < 1.29 is 14.7 Å². The Kier molecular flexibility index (Phi) is 5.28. The van der Waals surface area contributed by atoms with Crippen LogP contribution in [0.1, 0.15) is 17.7 Å². The fourth-order valence-electron chi connectivity index (χ4n) is 1.12. The van der Waals surface area contributed by atoms with Gasteiger partial charge < -0.3 is 10.4 Å². The third kappa shape index (κ3) is 5.14. The van der Waals surface area contributed by atoms with Crippen molar-refractivity contribution in [3.63, 3.8) is 0 Å². The molecule has 0 unspecified atom stereocenters. The number of carboxylic acid groups (broad SMARTS) is 1. The highest BCUT2D eigenvalue weighted by Crippen LogP contribution is 2.20. The van der Waals surface area contributed by atoms with E-state index in [0.29, 0.717) is 17.9 Å². The van der Waals surface area contributed by atoms with Crippen molar-refractivity contribution in [3.05, 3.63) is 21.3 Å². The van der Waals surface area contributed by atoms with Crippen LogP contribution in [0.5, 0.6) is 0 Å². The number of thiophene rings is 1. The van der Waals surface area contributed by atoms with E-state index in [2.05, 4.69) is 5.32 Å². The van der Waals surface area contributed by atoms with Gasteiger partial charge in [-0.1, -0.05) is 11.6 Å². The van der Waals surface area contributed by atoms with E-state index in [9.17, 15) is 9.59 Å². The van der Waals surface area contributed by atoms with E-state index in [1.165, 1.54) is 11.3 Å². The highest BCUT2D eigenvalue weighted by molar-refractivity contribution is 7.10. The predicted octanol–water partition coefficient (Wildman–Crippen LogP) is 1.93. The van der Waals surface area contributed by atoms with Crippen molar-refractivity contribution >= 4 is 34.8 Å². The maximum absolute atomic E-state index is 11.3. The molecule has 88 valence electrons. The number of aryl methyl sites for hydroxylation is 1. The summed E-state index contributed by atoms with van der Waals surface area (Å²) in [5.41, 5.74) is 0. The van der Waals surface area contributed by atoms with Gasteiger partial charge >= 0.3 is 5.97 Å². The molecular formula is C10H12ClNO3S. The highest BCUT2D eigenvalue weighted by atomic mass is 35.5. The molecule has 0 aliphatic rings. The molecule has 1 rings (SSSR count). The predicted molar refractivity (Wildman–Crippen MR) is 62.9 cm³/mol. The van der Waals surface area contributed by atoms with E-state index in [0.717, 1.165) is 4.88 Å². The molecule has 6 heteroatoms. The Hall–Kier alpha value is -1.07. The number of carbonyl (C=O) groups excluding carboxylic acids is 1. The maximum Gasteiger partial charge on any atom is 0.305 e. The molecular weight excluding hydrogens is 250 g/mol. The Morgan fingerprint density at radius 3 is 2.75 bits per heavy atom. The molecule has 16 heavy (non-hydrogen) atoms. The normalized spacial score (nSPS) is 10.1. The Morgan fingerprint density at radius 2 is 2.19 bits per heavy atom. The summed E-state index contributed by atoms with van der Waals surface area (Å²) in [7, 11) is 0. The number of amides is 1. The van der Waals surface area contributed by atoms with Crippen LogP contribution in [-0.2, 0) is 16.0 Å². The van der Waals surface area contributed by atoms with Gasteiger partial charge in [-0.3, -0.25) is 9.59 Å². The first-order valence-corrected chi connectivity index (χ1v) is 6.05. The number of halogens is 1. The first kappa shape index (κ1) is 13.0. The number of nitrogens with one attached hydrogen (secondary N) is 1. The number of hydrogen-bond acceptors (Lipinski definition) is 3. The standard InChI is InChI=1S/C10H12ClNO3S/c11-7-5-8(16-6-7)1-2-9(13)12-4-3-10(14)15/h5-6H,1-4H2,(H,12,13)(H,14,15). The first-order chi connectivity index (χ1) is 7.58. The number of rotatable bonds is 6. The summed E-state index contributed by atoms with van der Waals surface area (Å²) in [5, 5.41) is 13.4. The topological polar surface area (TPSA) is 66.4 Å². The number of aliphatic carboxylic acids is 1. The molecule has 4 nitrogen and oxygen atoms in total. The zero-order chi connectivity index (χ0) is 12.0. The summed E-state index contributed by atoms with van der Waals surface area (Å²) in [6.07, 6.45) is 0.948. The molecule has 0 bridgehead atoms. The van der Waals surface area contributed by atoms with Crippen LogP contribution in [0.3, 0.4) is 0 Å². The monoisotopic (exact) mass is 261 g/mol. The van der Waals surface area contributed by atoms with Gasteiger partial charge in [-0.25, -0.2) is 0 Å². The Morgan fingerprint density at radius 1 is 1.44 bits per heavy atom. The quantitative estimate of drug-likeness (QED) is 0.822. The van der Waals surface area contributed by atoms with Gasteiger partial charge in [-0.2, -0.15) is 0 Å². The van der Waals surface area contributed by atoms with E-state index in [4.69, 9.17) is 16.7 Å². The second-order valence-corrected chi connectivity index (χ2v) is 4.66. The van der Waals surface area contributed by atoms with Crippen molar-refractivity contribution in [1.82, 2.24) is 5.32 Å². The molecule has 1 heterocycles. The molecule has 0 fully saturated rings. The van der Waals surface area contributed by atoms with Gasteiger partial charge in [0.1, 0.15) is 0 Å². The lowest BCUT2D eigenvalue weighted by Gasteiger charge is -2.01. The molecule has 1 aromatic rings. The SMILES string of the molecule is O=C(O)CCNC(=O)CCc1cc(Cl)cs1. The van der Waals surface area contributed by atoms with Gasteiger partial charge in [-0.05, 0) is 12.5 Å². The summed E-state index contributed by atoms with van der Waals surface area (Å²) >= 11 is 7.25. The van der Waals surface area contributed by atoms with E-state index in [1.54, 1.807) is 0 Å². The van der Waals surface area contributed by atoms with E-state index < -0.39 is 5.97 Å². The van der Waals surface area contributed by atoms with Gasteiger partial charge in [0.25, 0.3) is 0 Å². The summed E-state index contributed by atoms with van der Waals surface area (Å²) in [6.45, 7) is 0.180. The van der Waals surface area contributed by atoms with E-state index in [1.807, 2.05) is 11.4 Å². The van der Waals surface area contributed by atoms with Crippen LogP contribution in [0.4, 0.5) is 0 Å². The second-order valence-electron chi connectivity index (χ2n) is 3.22. The van der Waals surface area contributed by atoms with Crippen LogP contribution in [-0.4, -0.2) is 23.5 Å². The minimum absolute atomic E-state index is 0.0451. The Balaban J connectivity index is 2.17. The lowest BCUT2D eigenvalue weighted by Crippen LogP contribution is -2.26. The largest absolute Gasteiger partial charge is 0.481 e. The Labute approximate surface area is 102 Å². The molecule has 0 aromatic carbocycles. The van der Waals surface area contributed by atoms with E-state index in [-0.39, 0.29) is 18.9 Å². The molecule has 1 amide bonds. The molecule has 0 spiro atoms. The fraction of sp³-hybridized carbons (Fsp3) is 0.400. The first-order valence-electron chi connectivity index (χ1n) is 4.79. The van der Waals surface area contributed by atoms with Crippen molar-refractivity contribution in [3.8, 4) is 0 Å². The summed E-state index contributed by atoms with van der Waals surface area (Å²) < 4.78 is 0. The molecule has 0 aliphatic heterocycles. The third-order valence-corrected chi connectivity index (χ3v) is 3.23. The third-order valence-electron chi connectivity index (χ3n) is 1.88. The summed E-state index contributed by atoms with van der Waals surface area (Å²) in [4.78, 5) is 22.5. The number of hydrogen-bond donors (Lipinski definition) is 2. The average Bonchev–Trinajstić information content (AvgIpc) is 2.61. The smallest absolute Gasteiger partial charge is 0.305 e. The van der Waals surface area contributed by atoms with Crippen molar-refractivity contribution in [2.45, 2.75) is 19.3 Å². The highest BCUT2D eigenvalue weighted by Gasteiger charge is 2.04. The minimum Gasteiger partial charge on any atom is -0.481 e. The van der Waals surface area contributed by atoms with Crippen molar-refractivity contribution in [2.75, 3.05) is 6.54 Å². The lowest BCUT2D eigenvalue weighted by atomic mass is 10.2. The average molecular weight is 262 g/mol. The minimum atomic E-state index is -0.912. The molecule has 0 saturated heterocycles. The zero-order valence-electron chi connectivity index (χ0n) is 8.53. The van der Waals surface area contributed by atoms with Crippen molar-refractivity contribution in [2.24, 2.45) is 0 Å². The van der Waals surface area contributed by atoms with Crippen LogP contribution in [0.2, 0.25) is 5.02 Å². The van der Waals surface area contributed by atoms with Crippen LogP contribution >= 0.6 is 22.9 Å².